The number of unbranched alkanes of at least 4 members (excludes halogenated alkanes) is 2. The maximum Gasteiger partial charge on any atom is 0.0427 e. The maximum absolute atomic E-state index is 5.52. The van der Waals surface area contributed by atoms with Crippen molar-refractivity contribution >= 4 is 5.69 Å². The van der Waals surface area contributed by atoms with Crippen LogP contribution >= 0.6 is 0 Å². The summed E-state index contributed by atoms with van der Waals surface area (Å²) in [6.07, 6.45) is 7.55. The zero-order chi connectivity index (χ0) is 13.5. The van der Waals surface area contributed by atoms with Crippen LogP contribution in [0.1, 0.15) is 24.8 Å². The van der Waals surface area contributed by atoms with Gasteiger partial charge in [0.2, 0.25) is 0 Å². The van der Waals surface area contributed by atoms with E-state index < -0.39 is 0 Å². The molecule has 2 N–H and O–H groups in total. The quantitative estimate of drug-likeness (QED) is 0.792. The molecule has 0 unspecified atom stereocenters. The molecule has 106 valence electrons. The highest BCUT2D eigenvalue weighted by Gasteiger charge is 2.17. The van der Waals surface area contributed by atoms with Crippen LogP contribution in [-0.4, -0.2) is 49.2 Å². The van der Waals surface area contributed by atoms with Crippen LogP contribution in [0.5, 0.6) is 0 Å². The monoisotopic (exact) mass is 262 g/mol. The molecule has 0 saturated carbocycles. The molecule has 0 radical (unpaired) electrons. The van der Waals surface area contributed by atoms with Gasteiger partial charge in [0.1, 0.15) is 0 Å². The Morgan fingerprint density at radius 3 is 2.63 bits per heavy atom. The molecule has 1 fully saturated rings. The Morgan fingerprint density at radius 1 is 1.16 bits per heavy atom. The Balaban J connectivity index is 1.75. The second-order valence-corrected chi connectivity index (χ2v) is 5.34. The predicted octanol–water partition coefficient (Wildman–Crippen LogP) is 1.64. The average molecular weight is 262 g/mol. The summed E-state index contributed by atoms with van der Waals surface area (Å²) in [7, 11) is 0. The normalized spacial score (nSPS) is 16.8. The SMILES string of the molecule is Cc1cnccc1N1CCN(CCCCCN)CC1. The van der Waals surface area contributed by atoms with E-state index in [9.17, 15) is 0 Å². The zero-order valence-electron chi connectivity index (χ0n) is 12.0. The van der Waals surface area contributed by atoms with Crippen molar-refractivity contribution < 1.29 is 0 Å². The summed E-state index contributed by atoms with van der Waals surface area (Å²) in [4.78, 5) is 9.22. The minimum atomic E-state index is 0.828. The van der Waals surface area contributed by atoms with Crippen LogP contribution in [0.3, 0.4) is 0 Å². The molecule has 0 spiro atoms. The third-order valence-electron chi connectivity index (χ3n) is 3.88. The van der Waals surface area contributed by atoms with Gasteiger partial charge in [0.05, 0.1) is 0 Å². The molecule has 2 heterocycles. The minimum absolute atomic E-state index is 0.828. The number of pyridine rings is 1. The van der Waals surface area contributed by atoms with Crippen LogP contribution in [0.4, 0.5) is 5.69 Å². The number of rotatable bonds is 6. The Bertz CT molecular complexity index is 372. The van der Waals surface area contributed by atoms with Crippen LogP contribution in [-0.2, 0) is 0 Å². The van der Waals surface area contributed by atoms with Crippen molar-refractivity contribution in [1.82, 2.24) is 9.88 Å². The Kier molecular flexibility index (Phi) is 5.61. The van der Waals surface area contributed by atoms with Crippen LogP contribution < -0.4 is 10.6 Å². The number of nitrogens with zero attached hydrogens (tertiary/aromatic N) is 3. The first-order valence-electron chi connectivity index (χ1n) is 7.39. The van der Waals surface area contributed by atoms with Gasteiger partial charge in [-0.05, 0) is 44.5 Å². The fourth-order valence-electron chi connectivity index (χ4n) is 2.69. The van der Waals surface area contributed by atoms with Crippen molar-refractivity contribution in [2.24, 2.45) is 5.73 Å². The molecular weight excluding hydrogens is 236 g/mol. The number of aryl methyl sites for hydroxylation is 1. The van der Waals surface area contributed by atoms with E-state index in [0.717, 1.165) is 26.1 Å². The molecule has 0 aromatic carbocycles. The summed E-state index contributed by atoms with van der Waals surface area (Å²) in [6.45, 7) is 8.79. The van der Waals surface area contributed by atoms with Crippen LogP contribution in [0, 0.1) is 6.92 Å². The van der Waals surface area contributed by atoms with E-state index in [1.54, 1.807) is 0 Å². The molecule has 0 atom stereocenters. The van der Waals surface area contributed by atoms with Crippen molar-refractivity contribution in [3.8, 4) is 0 Å². The largest absolute Gasteiger partial charge is 0.369 e. The first kappa shape index (κ1) is 14.3. The summed E-state index contributed by atoms with van der Waals surface area (Å²) < 4.78 is 0. The summed E-state index contributed by atoms with van der Waals surface area (Å²) in [6, 6.07) is 2.13. The van der Waals surface area contributed by atoms with Crippen LogP contribution in [0.2, 0.25) is 0 Å². The first-order chi connectivity index (χ1) is 9.31. The number of aromatic nitrogens is 1. The van der Waals surface area contributed by atoms with Crippen molar-refractivity contribution in [1.29, 1.82) is 0 Å². The van der Waals surface area contributed by atoms with Gasteiger partial charge in [0.15, 0.2) is 0 Å². The predicted molar refractivity (Wildman–Crippen MR) is 80.5 cm³/mol. The third-order valence-corrected chi connectivity index (χ3v) is 3.88. The minimum Gasteiger partial charge on any atom is -0.369 e. The number of piperazine rings is 1. The lowest BCUT2D eigenvalue weighted by molar-refractivity contribution is 0.252. The molecule has 1 saturated heterocycles. The lowest BCUT2D eigenvalue weighted by Gasteiger charge is -2.36. The number of nitrogens with two attached hydrogens (primary N) is 1. The Morgan fingerprint density at radius 2 is 1.95 bits per heavy atom. The molecule has 1 aliphatic rings. The summed E-state index contributed by atoms with van der Waals surface area (Å²) in [5.41, 5.74) is 8.14. The van der Waals surface area contributed by atoms with Crippen molar-refractivity contribution in [3.63, 3.8) is 0 Å². The van der Waals surface area contributed by atoms with Gasteiger partial charge >= 0.3 is 0 Å². The van der Waals surface area contributed by atoms with Gasteiger partial charge in [-0.25, -0.2) is 0 Å². The molecule has 0 amide bonds. The van der Waals surface area contributed by atoms with Gasteiger partial charge in [-0.15, -0.1) is 0 Å². The van der Waals surface area contributed by atoms with E-state index in [1.807, 2.05) is 12.4 Å². The van der Waals surface area contributed by atoms with E-state index in [2.05, 4.69) is 27.8 Å². The fraction of sp³-hybridized carbons (Fsp3) is 0.667. The average Bonchev–Trinajstić information content (AvgIpc) is 2.45. The topological polar surface area (TPSA) is 45.4 Å². The van der Waals surface area contributed by atoms with Gasteiger partial charge in [-0.3, -0.25) is 9.88 Å². The highest BCUT2D eigenvalue weighted by Crippen LogP contribution is 2.19. The third kappa shape index (κ3) is 4.18. The van der Waals surface area contributed by atoms with Gasteiger partial charge in [-0.2, -0.15) is 0 Å². The van der Waals surface area contributed by atoms with E-state index in [-0.39, 0.29) is 0 Å². The Labute approximate surface area is 116 Å². The summed E-state index contributed by atoms with van der Waals surface area (Å²) >= 11 is 0. The zero-order valence-corrected chi connectivity index (χ0v) is 12.0. The molecule has 4 heteroatoms. The fourth-order valence-corrected chi connectivity index (χ4v) is 2.69. The second-order valence-electron chi connectivity index (χ2n) is 5.34. The number of anilines is 1. The molecule has 1 aliphatic heterocycles. The van der Waals surface area contributed by atoms with E-state index in [1.165, 1.54) is 43.7 Å². The van der Waals surface area contributed by atoms with Crippen molar-refractivity contribution in [2.45, 2.75) is 26.2 Å². The molecule has 0 bridgehead atoms. The van der Waals surface area contributed by atoms with E-state index in [4.69, 9.17) is 5.73 Å². The van der Waals surface area contributed by atoms with Crippen LogP contribution in [0.25, 0.3) is 0 Å². The molecule has 4 nitrogen and oxygen atoms in total. The molecule has 1 aromatic rings. The molecular formula is C15H26N4. The van der Waals surface area contributed by atoms with Crippen molar-refractivity contribution in [2.75, 3.05) is 44.2 Å². The summed E-state index contributed by atoms with van der Waals surface area (Å²) in [5, 5.41) is 0. The standard InChI is InChI=1S/C15H26N4/c1-14-13-17-7-5-15(14)19-11-9-18(10-12-19)8-4-2-3-6-16/h5,7,13H,2-4,6,8-12,16H2,1H3. The van der Waals surface area contributed by atoms with E-state index >= 15 is 0 Å². The van der Waals surface area contributed by atoms with E-state index in [0.29, 0.717) is 0 Å². The molecule has 2 rings (SSSR count). The molecule has 19 heavy (non-hydrogen) atoms. The van der Waals surface area contributed by atoms with Gasteiger partial charge < -0.3 is 10.6 Å². The smallest absolute Gasteiger partial charge is 0.0427 e. The lowest BCUT2D eigenvalue weighted by atomic mass is 10.2. The summed E-state index contributed by atoms with van der Waals surface area (Å²) in [5.74, 6) is 0. The lowest BCUT2D eigenvalue weighted by Crippen LogP contribution is -2.46. The Hall–Kier alpha value is -1.13. The van der Waals surface area contributed by atoms with Crippen molar-refractivity contribution in [3.05, 3.63) is 24.0 Å². The van der Waals surface area contributed by atoms with Gasteiger partial charge in [0.25, 0.3) is 0 Å². The highest BCUT2D eigenvalue weighted by atomic mass is 15.3. The second kappa shape index (κ2) is 7.46. The highest BCUT2D eigenvalue weighted by molar-refractivity contribution is 5.51. The number of hydrogen-bond donors (Lipinski definition) is 1. The van der Waals surface area contributed by atoms with Crippen LogP contribution in [0.15, 0.2) is 18.5 Å². The van der Waals surface area contributed by atoms with Gasteiger partial charge in [-0.1, -0.05) is 6.42 Å². The number of hydrogen-bond acceptors (Lipinski definition) is 4. The van der Waals surface area contributed by atoms with Gasteiger partial charge in [0, 0.05) is 44.3 Å². The maximum atomic E-state index is 5.52. The molecule has 0 aliphatic carbocycles. The first-order valence-corrected chi connectivity index (χ1v) is 7.39. The molecule has 1 aromatic heterocycles.